The van der Waals surface area contributed by atoms with Gasteiger partial charge in [-0.15, -0.1) is 0 Å². The van der Waals surface area contributed by atoms with E-state index in [2.05, 4.69) is 0 Å². The van der Waals surface area contributed by atoms with Crippen LogP contribution in [0.1, 0.15) is 23.2 Å². The molecule has 1 fully saturated rings. The Bertz CT molecular complexity index is 709. The predicted octanol–water partition coefficient (Wildman–Crippen LogP) is 2.35. The van der Waals surface area contributed by atoms with Crippen molar-refractivity contribution in [2.75, 3.05) is 27.2 Å². The number of hydrogen-bond acceptors (Lipinski definition) is 3. The summed E-state index contributed by atoms with van der Waals surface area (Å²) in [5.41, 5.74) is 0.214. The van der Waals surface area contributed by atoms with Crippen LogP contribution < -0.4 is 0 Å². The van der Waals surface area contributed by atoms with Crippen molar-refractivity contribution in [3.63, 3.8) is 0 Å². The maximum atomic E-state index is 12.7. The Morgan fingerprint density at radius 2 is 1.79 bits per heavy atom. The monoisotopic (exact) mass is 364 g/mol. The van der Waals surface area contributed by atoms with Crippen LogP contribution in [-0.4, -0.2) is 56.9 Å². The lowest BCUT2D eigenvalue weighted by atomic mass is 9.98. The minimum Gasteiger partial charge on any atom is -0.345 e. The maximum absolute atomic E-state index is 12.7. The predicted molar refractivity (Wildman–Crippen MR) is 82.0 cm³/mol. The second-order valence-electron chi connectivity index (χ2n) is 5.95. The van der Waals surface area contributed by atoms with Gasteiger partial charge in [-0.3, -0.25) is 4.79 Å². The molecule has 1 aromatic carbocycles. The summed E-state index contributed by atoms with van der Waals surface area (Å²) in [6.45, 7) is -0.364. The molecule has 0 bridgehead atoms. The van der Waals surface area contributed by atoms with Gasteiger partial charge in [0.05, 0.1) is 10.8 Å². The van der Waals surface area contributed by atoms with Gasteiger partial charge >= 0.3 is 6.18 Å². The number of benzene rings is 1. The Morgan fingerprint density at radius 3 is 2.29 bits per heavy atom. The molecule has 9 heteroatoms. The van der Waals surface area contributed by atoms with E-state index in [9.17, 15) is 26.4 Å². The number of alkyl halides is 3. The molecule has 1 saturated heterocycles. The zero-order valence-electron chi connectivity index (χ0n) is 13.4. The molecule has 0 atom stereocenters. The van der Waals surface area contributed by atoms with Gasteiger partial charge in [-0.2, -0.15) is 17.5 Å². The molecule has 2 rings (SSSR count). The average Bonchev–Trinajstić information content (AvgIpc) is 2.53. The van der Waals surface area contributed by atoms with Crippen molar-refractivity contribution in [3.8, 4) is 0 Å². The van der Waals surface area contributed by atoms with Crippen LogP contribution in [0.3, 0.4) is 0 Å². The van der Waals surface area contributed by atoms with Crippen LogP contribution in [-0.2, 0) is 10.0 Å². The van der Waals surface area contributed by atoms with Crippen molar-refractivity contribution in [3.05, 3.63) is 29.8 Å². The normalized spacial score (nSPS) is 17.7. The third kappa shape index (κ3) is 3.89. The number of piperidine rings is 1. The number of halogens is 3. The molecular formula is C15H19F3N2O3S. The van der Waals surface area contributed by atoms with Crippen LogP contribution in [0.25, 0.3) is 0 Å². The molecule has 1 aliphatic heterocycles. The van der Waals surface area contributed by atoms with Gasteiger partial charge in [0, 0.05) is 32.7 Å². The van der Waals surface area contributed by atoms with Crippen LogP contribution in [0.15, 0.2) is 29.2 Å². The molecule has 0 N–H and O–H groups in total. The molecule has 1 amide bonds. The van der Waals surface area contributed by atoms with Crippen LogP contribution in [0.4, 0.5) is 13.2 Å². The second-order valence-corrected chi connectivity index (χ2v) is 7.89. The summed E-state index contributed by atoms with van der Waals surface area (Å²) in [7, 11) is -0.823. The minimum absolute atomic E-state index is 0.0827. The molecule has 0 aliphatic carbocycles. The second kappa shape index (κ2) is 6.72. The largest absolute Gasteiger partial charge is 0.391 e. The lowest BCUT2D eigenvalue weighted by Crippen LogP contribution is -2.42. The van der Waals surface area contributed by atoms with E-state index in [-0.39, 0.29) is 42.3 Å². The van der Waals surface area contributed by atoms with Gasteiger partial charge in [0.1, 0.15) is 0 Å². The number of nitrogens with zero attached hydrogens (tertiary/aromatic N) is 2. The van der Waals surface area contributed by atoms with Gasteiger partial charge in [0.15, 0.2) is 0 Å². The third-order valence-corrected chi connectivity index (χ3v) is 5.94. The van der Waals surface area contributed by atoms with E-state index in [4.69, 9.17) is 0 Å². The zero-order chi connectivity index (χ0) is 18.1. The number of sulfonamides is 1. The molecule has 0 aromatic heterocycles. The van der Waals surface area contributed by atoms with Crippen molar-refractivity contribution < 1.29 is 26.4 Å². The summed E-state index contributed by atoms with van der Waals surface area (Å²) in [5.74, 6) is -1.81. The number of carbonyl (C=O) groups excluding carboxylic acids is 1. The third-order valence-electron chi connectivity index (χ3n) is 4.04. The van der Waals surface area contributed by atoms with Crippen molar-refractivity contribution in [2.45, 2.75) is 23.9 Å². The lowest BCUT2D eigenvalue weighted by molar-refractivity contribution is -0.182. The van der Waals surface area contributed by atoms with E-state index in [1.165, 1.54) is 29.2 Å². The van der Waals surface area contributed by atoms with Crippen molar-refractivity contribution in [1.29, 1.82) is 0 Å². The van der Waals surface area contributed by atoms with Gasteiger partial charge in [-0.05, 0) is 31.0 Å². The van der Waals surface area contributed by atoms with Crippen molar-refractivity contribution in [1.82, 2.24) is 9.21 Å². The fourth-order valence-corrected chi connectivity index (χ4v) is 4.14. The van der Waals surface area contributed by atoms with Crippen LogP contribution in [0.5, 0.6) is 0 Å². The molecule has 1 heterocycles. The standard InChI is InChI=1S/C15H19F3N2O3S/c1-19(2)14(21)11-4-3-5-13(10-11)24(22,23)20-8-6-12(7-9-20)15(16,17)18/h3-5,10,12H,6-9H2,1-2H3. The smallest absolute Gasteiger partial charge is 0.345 e. The lowest BCUT2D eigenvalue weighted by Gasteiger charge is -2.32. The number of carbonyl (C=O) groups is 1. The SMILES string of the molecule is CN(C)C(=O)c1cccc(S(=O)(=O)N2CCC(C(F)(F)F)CC2)c1. The van der Waals surface area contributed by atoms with Crippen molar-refractivity contribution in [2.24, 2.45) is 5.92 Å². The topological polar surface area (TPSA) is 57.7 Å². The Kier molecular flexibility index (Phi) is 5.24. The van der Waals surface area contributed by atoms with Gasteiger partial charge < -0.3 is 4.90 Å². The summed E-state index contributed by atoms with van der Waals surface area (Å²) in [6.07, 6.45) is -4.80. The molecule has 0 unspecified atom stereocenters. The van der Waals surface area contributed by atoms with E-state index < -0.39 is 22.1 Å². The highest BCUT2D eigenvalue weighted by atomic mass is 32.2. The highest BCUT2D eigenvalue weighted by Crippen LogP contribution is 2.35. The first-order chi connectivity index (χ1) is 11.0. The van der Waals surface area contributed by atoms with Gasteiger partial charge in [-0.25, -0.2) is 8.42 Å². The molecule has 0 spiro atoms. The Hall–Kier alpha value is -1.61. The molecule has 24 heavy (non-hydrogen) atoms. The number of rotatable bonds is 3. The molecule has 5 nitrogen and oxygen atoms in total. The first kappa shape index (κ1) is 18.7. The molecule has 1 aliphatic rings. The Morgan fingerprint density at radius 1 is 1.21 bits per heavy atom. The minimum atomic E-state index is -4.30. The fraction of sp³-hybridized carbons (Fsp3) is 0.533. The molecule has 0 saturated carbocycles. The van der Waals surface area contributed by atoms with E-state index in [1.54, 1.807) is 14.1 Å². The summed E-state index contributed by atoms with van der Waals surface area (Å²) in [6, 6.07) is 5.55. The summed E-state index contributed by atoms with van der Waals surface area (Å²) < 4.78 is 64.4. The molecule has 1 aromatic rings. The number of hydrogen-bond donors (Lipinski definition) is 0. The molecule has 0 radical (unpaired) electrons. The Balaban J connectivity index is 2.20. The van der Waals surface area contributed by atoms with E-state index in [1.807, 2.05) is 0 Å². The summed E-state index contributed by atoms with van der Waals surface area (Å²) in [5, 5.41) is 0. The average molecular weight is 364 g/mol. The summed E-state index contributed by atoms with van der Waals surface area (Å²) in [4.78, 5) is 13.2. The van der Waals surface area contributed by atoms with Crippen LogP contribution in [0.2, 0.25) is 0 Å². The van der Waals surface area contributed by atoms with E-state index in [0.717, 1.165) is 4.31 Å². The fourth-order valence-electron chi connectivity index (χ4n) is 2.62. The van der Waals surface area contributed by atoms with Gasteiger partial charge in [-0.1, -0.05) is 6.07 Å². The highest BCUT2D eigenvalue weighted by molar-refractivity contribution is 7.89. The molecule has 134 valence electrons. The first-order valence-corrected chi connectivity index (χ1v) is 8.86. The quantitative estimate of drug-likeness (QED) is 0.827. The van der Waals surface area contributed by atoms with Gasteiger partial charge in [0.2, 0.25) is 10.0 Å². The maximum Gasteiger partial charge on any atom is 0.391 e. The van der Waals surface area contributed by atoms with Crippen LogP contribution >= 0.6 is 0 Å². The van der Waals surface area contributed by atoms with Crippen LogP contribution in [0, 0.1) is 5.92 Å². The highest BCUT2D eigenvalue weighted by Gasteiger charge is 2.43. The number of amides is 1. The zero-order valence-corrected chi connectivity index (χ0v) is 14.2. The molecular weight excluding hydrogens is 345 g/mol. The summed E-state index contributed by atoms with van der Waals surface area (Å²) >= 11 is 0. The van der Waals surface area contributed by atoms with Crippen molar-refractivity contribution >= 4 is 15.9 Å². The Labute approximate surface area is 139 Å². The van der Waals surface area contributed by atoms with E-state index in [0.29, 0.717) is 0 Å². The van der Waals surface area contributed by atoms with Gasteiger partial charge in [0.25, 0.3) is 5.91 Å². The first-order valence-electron chi connectivity index (χ1n) is 7.42. The van der Waals surface area contributed by atoms with E-state index >= 15 is 0 Å².